The Morgan fingerprint density at radius 2 is 1.97 bits per heavy atom. The molecule has 7 heteroatoms. The van der Waals surface area contributed by atoms with Crippen molar-refractivity contribution in [2.45, 2.75) is 57.6 Å². The maximum atomic E-state index is 12.0. The van der Waals surface area contributed by atoms with Crippen LogP contribution in [-0.4, -0.2) is 41.3 Å². The lowest BCUT2D eigenvalue weighted by Gasteiger charge is -2.12. The Morgan fingerprint density at radius 1 is 1.12 bits per heavy atom. The van der Waals surface area contributed by atoms with Gasteiger partial charge in [-0.1, -0.05) is 42.3 Å². The van der Waals surface area contributed by atoms with Crippen LogP contribution in [0.15, 0.2) is 48.5 Å². The molecule has 0 bridgehead atoms. The third-order valence-corrected chi connectivity index (χ3v) is 6.26. The molecule has 1 fully saturated rings. The highest BCUT2D eigenvalue weighted by Gasteiger charge is 2.22. The number of aromatic nitrogens is 2. The van der Waals surface area contributed by atoms with Crippen molar-refractivity contribution in [2.75, 3.05) is 19.8 Å². The molecule has 1 aromatic heterocycles. The molecular weight excluding hydrogens is 438 g/mol. The molecule has 3 aromatic rings. The van der Waals surface area contributed by atoms with Crippen LogP contribution in [0.5, 0.6) is 5.75 Å². The summed E-state index contributed by atoms with van der Waals surface area (Å²) in [6.07, 6.45) is 6.40. The normalized spacial score (nSPS) is 15.7. The van der Waals surface area contributed by atoms with Gasteiger partial charge in [-0.3, -0.25) is 4.79 Å². The first-order valence-corrected chi connectivity index (χ1v) is 12.3. The van der Waals surface area contributed by atoms with E-state index in [2.05, 4.69) is 28.1 Å². The summed E-state index contributed by atoms with van der Waals surface area (Å²) in [5, 5.41) is 3.64. The van der Waals surface area contributed by atoms with Gasteiger partial charge < -0.3 is 19.4 Å². The molecule has 1 saturated heterocycles. The summed E-state index contributed by atoms with van der Waals surface area (Å²) in [6.45, 7) is 2.84. The fraction of sp³-hybridized carbons (Fsp3) is 0.462. The van der Waals surface area contributed by atoms with Gasteiger partial charge in [-0.05, 0) is 56.4 Å². The quantitative estimate of drug-likeness (QED) is 0.372. The number of benzene rings is 2. The third kappa shape index (κ3) is 6.49. The fourth-order valence-electron chi connectivity index (χ4n) is 4.23. The Kier molecular flexibility index (Phi) is 8.61. The topological polar surface area (TPSA) is 65.4 Å². The van der Waals surface area contributed by atoms with E-state index in [4.69, 9.17) is 26.1 Å². The molecule has 1 atom stereocenters. The van der Waals surface area contributed by atoms with Crippen molar-refractivity contribution < 1.29 is 14.3 Å². The van der Waals surface area contributed by atoms with Gasteiger partial charge in [-0.2, -0.15) is 0 Å². The summed E-state index contributed by atoms with van der Waals surface area (Å²) in [6, 6.07) is 15.8. The highest BCUT2D eigenvalue weighted by molar-refractivity contribution is 6.32. The molecule has 0 radical (unpaired) electrons. The van der Waals surface area contributed by atoms with Gasteiger partial charge in [0.1, 0.15) is 17.7 Å². The van der Waals surface area contributed by atoms with Crippen LogP contribution in [0.1, 0.15) is 44.3 Å². The molecular formula is C26H32ClN3O3. The predicted molar refractivity (Wildman–Crippen MR) is 131 cm³/mol. The van der Waals surface area contributed by atoms with E-state index in [1.807, 2.05) is 30.3 Å². The summed E-state index contributed by atoms with van der Waals surface area (Å²) in [7, 11) is 0. The average molecular weight is 470 g/mol. The van der Waals surface area contributed by atoms with Crippen molar-refractivity contribution in [1.29, 1.82) is 0 Å². The molecule has 33 heavy (non-hydrogen) atoms. The van der Waals surface area contributed by atoms with E-state index in [-0.39, 0.29) is 12.0 Å². The second kappa shape index (κ2) is 12.1. The lowest BCUT2D eigenvalue weighted by Crippen LogP contribution is -2.34. The van der Waals surface area contributed by atoms with Crippen LogP contribution < -0.4 is 10.1 Å². The molecule has 4 rings (SSSR count). The van der Waals surface area contributed by atoms with E-state index in [0.717, 1.165) is 74.1 Å². The number of unbranched alkanes of at least 4 members (excludes halogenated alkanes) is 2. The van der Waals surface area contributed by atoms with Gasteiger partial charge in [0.15, 0.2) is 0 Å². The zero-order chi connectivity index (χ0) is 22.9. The Morgan fingerprint density at radius 3 is 2.82 bits per heavy atom. The number of aryl methyl sites for hydroxylation is 2. The summed E-state index contributed by atoms with van der Waals surface area (Å²) in [5.74, 6) is 1.87. The molecule has 1 amide bonds. The molecule has 176 valence electrons. The van der Waals surface area contributed by atoms with Crippen LogP contribution in [0.3, 0.4) is 0 Å². The van der Waals surface area contributed by atoms with Gasteiger partial charge in [-0.25, -0.2) is 4.98 Å². The van der Waals surface area contributed by atoms with Crippen molar-refractivity contribution >= 4 is 28.5 Å². The molecule has 1 aliphatic rings. The number of fused-ring (bicyclic) bond motifs is 1. The Balaban J connectivity index is 1.24. The molecule has 1 N–H and O–H groups in total. The summed E-state index contributed by atoms with van der Waals surface area (Å²) < 4.78 is 13.6. The smallest absolute Gasteiger partial charge is 0.249 e. The van der Waals surface area contributed by atoms with Gasteiger partial charge in [0, 0.05) is 26.1 Å². The Hall–Kier alpha value is -2.57. The maximum absolute atomic E-state index is 12.0. The van der Waals surface area contributed by atoms with Gasteiger partial charge >= 0.3 is 0 Å². The summed E-state index contributed by atoms with van der Waals surface area (Å²) in [4.78, 5) is 16.9. The van der Waals surface area contributed by atoms with Crippen molar-refractivity contribution in [3.63, 3.8) is 0 Å². The minimum absolute atomic E-state index is 0.0355. The number of para-hydroxylation sites is 3. The van der Waals surface area contributed by atoms with Gasteiger partial charge in [0.2, 0.25) is 5.91 Å². The summed E-state index contributed by atoms with van der Waals surface area (Å²) in [5.41, 5.74) is 2.19. The lowest BCUT2D eigenvalue weighted by atomic mass is 10.1. The number of hydrogen-bond donors (Lipinski definition) is 1. The third-order valence-electron chi connectivity index (χ3n) is 5.95. The van der Waals surface area contributed by atoms with E-state index in [1.165, 1.54) is 0 Å². The highest BCUT2D eigenvalue weighted by Crippen LogP contribution is 2.23. The van der Waals surface area contributed by atoms with Gasteiger partial charge in [-0.15, -0.1) is 0 Å². The molecule has 0 spiro atoms. The second-order valence-corrected chi connectivity index (χ2v) is 8.81. The van der Waals surface area contributed by atoms with E-state index >= 15 is 0 Å². The zero-order valence-corrected chi connectivity index (χ0v) is 19.7. The molecule has 0 saturated carbocycles. The zero-order valence-electron chi connectivity index (χ0n) is 19.0. The van der Waals surface area contributed by atoms with Crippen molar-refractivity contribution in [1.82, 2.24) is 14.9 Å². The SMILES string of the molecule is O=C(NCCCCCc1nc2ccccc2n1CCCOc1ccccc1Cl)C1CCCO1. The molecule has 2 aromatic carbocycles. The van der Waals surface area contributed by atoms with E-state index in [9.17, 15) is 4.79 Å². The van der Waals surface area contributed by atoms with Crippen LogP contribution in [0, 0.1) is 0 Å². The number of ether oxygens (including phenoxy) is 2. The standard InChI is InChI=1S/C26H32ClN3O3/c27-20-10-3-6-13-23(20)32-19-9-17-30-22-12-5-4-11-21(22)29-25(30)15-2-1-7-16-28-26(31)24-14-8-18-33-24/h3-6,10-13,24H,1-2,7-9,14-19H2,(H,28,31). The van der Waals surface area contributed by atoms with E-state index in [0.29, 0.717) is 24.8 Å². The average Bonchev–Trinajstić information content (AvgIpc) is 3.48. The predicted octanol–water partition coefficient (Wildman–Crippen LogP) is 5.17. The molecule has 1 unspecified atom stereocenters. The first-order valence-electron chi connectivity index (χ1n) is 11.9. The highest BCUT2D eigenvalue weighted by atomic mass is 35.5. The number of rotatable bonds is 12. The molecule has 2 heterocycles. The minimum Gasteiger partial charge on any atom is -0.492 e. The van der Waals surface area contributed by atoms with Crippen molar-refractivity contribution in [3.05, 3.63) is 59.4 Å². The van der Waals surface area contributed by atoms with E-state index in [1.54, 1.807) is 0 Å². The van der Waals surface area contributed by atoms with Crippen LogP contribution in [0.2, 0.25) is 5.02 Å². The Labute approximate surface area is 200 Å². The molecule has 1 aliphatic heterocycles. The number of carbonyl (C=O) groups excluding carboxylic acids is 1. The first-order chi connectivity index (χ1) is 16.2. The molecule has 0 aliphatic carbocycles. The number of imidazole rings is 1. The van der Waals surface area contributed by atoms with Crippen molar-refractivity contribution in [2.24, 2.45) is 0 Å². The fourth-order valence-corrected chi connectivity index (χ4v) is 4.42. The summed E-state index contributed by atoms with van der Waals surface area (Å²) >= 11 is 6.18. The number of carbonyl (C=O) groups is 1. The number of hydrogen-bond acceptors (Lipinski definition) is 4. The maximum Gasteiger partial charge on any atom is 0.249 e. The van der Waals surface area contributed by atoms with Gasteiger partial charge in [0.05, 0.1) is 22.7 Å². The van der Waals surface area contributed by atoms with Crippen molar-refractivity contribution in [3.8, 4) is 5.75 Å². The largest absolute Gasteiger partial charge is 0.492 e. The number of nitrogens with zero attached hydrogens (tertiary/aromatic N) is 2. The van der Waals surface area contributed by atoms with E-state index < -0.39 is 0 Å². The van der Waals surface area contributed by atoms with Crippen LogP contribution >= 0.6 is 11.6 Å². The lowest BCUT2D eigenvalue weighted by molar-refractivity contribution is -0.130. The Bertz CT molecular complexity index is 1050. The second-order valence-electron chi connectivity index (χ2n) is 8.40. The monoisotopic (exact) mass is 469 g/mol. The minimum atomic E-state index is -0.244. The number of amides is 1. The first kappa shape index (κ1) is 23.6. The van der Waals surface area contributed by atoms with Crippen LogP contribution in [0.4, 0.5) is 0 Å². The number of halogens is 1. The number of nitrogens with one attached hydrogen (secondary N) is 1. The van der Waals surface area contributed by atoms with Gasteiger partial charge in [0.25, 0.3) is 0 Å². The molecule has 6 nitrogen and oxygen atoms in total. The van der Waals surface area contributed by atoms with Crippen LogP contribution in [0.25, 0.3) is 11.0 Å². The van der Waals surface area contributed by atoms with Crippen LogP contribution in [-0.2, 0) is 22.5 Å².